The molecule has 2 N–H and O–H groups in total. The molecule has 0 saturated carbocycles. The maximum Gasteiger partial charge on any atom is 0.0671 e. The molecule has 0 bridgehead atoms. The molecule has 0 aliphatic rings. The molecular weight excluding hydrogens is 150 g/mol. The summed E-state index contributed by atoms with van der Waals surface area (Å²) in [5.41, 5.74) is 9.29. The van der Waals surface area contributed by atoms with Crippen LogP contribution in [0.5, 0.6) is 0 Å². The third-order valence-electron chi connectivity index (χ3n) is 2.28. The summed E-state index contributed by atoms with van der Waals surface area (Å²) in [6.45, 7) is 4.94. The fraction of sp³-hybridized carbons (Fsp3) is 0.667. The highest BCUT2D eigenvalue weighted by Gasteiger charge is 2.09. The summed E-state index contributed by atoms with van der Waals surface area (Å²) in [7, 11) is 1.98. The molecule has 1 rings (SSSR count). The fourth-order valence-corrected chi connectivity index (χ4v) is 1.52. The Morgan fingerprint density at radius 3 is 2.67 bits per heavy atom. The van der Waals surface area contributed by atoms with Crippen LogP contribution in [0.1, 0.15) is 23.9 Å². The summed E-state index contributed by atoms with van der Waals surface area (Å²) in [5, 5.41) is 4.41. The van der Waals surface area contributed by atoms with E-state index in [0.717, 1.165) is 12.8 Å². The van der Waals surface area contributed by atoms with Gasteiger partial charge in [-0.25, -0.2) is 0 Å². The van der Waals surface area contributed by atoms with Crippen LogP contribution in [0.25, 0.3) is 0 Å². The van der Waals surface area contributed by atoms with E-state index < -0.39 is 0 Å². The van der Waals surface area contributed by atoms with Crippen molar-refractivity contribution in [3.05, 3.63) is 17.0 Å². The zero-order chi connectivity index (χ0) is 9.14. The largest absolute Gasteiger partial charge is 0.330 e. The normalized spacial score (nSPS) is 10.7. The van der Waals surface area contributed by atoms with E-state index in [4.69, 9.17) is 5.73 Å². The van der Waals surface area contributed by atoms with Crippen molar-refractivity contribution in [2.75, 3.05) is 6.54 Å². The predicted octanol–water partition coefficient (Wildman–Crippen LogP) is 0.792. The Morgan fingerprint density at radius 1 is 1.50 bits per heavy atom. The van der Waals surface area contributed by atoms with Crippen LogP contribution in [0.4, 0.5) is 0 Å². The van der Waals surface area contributed by atoms with Crippen molar-refractivity contribution in [1.82, 2.24) is 9.78 Å². The van der Waals surface area contributed by atoms with Crippen molar-refractivity contribution in [2.45, 2.75) is 26.7 Å². The van der Waals surface area contributed by atoms with Gasteiger partial charge in [-0.1, -0.05) is 6.92 Å². The second-order valence-electron chi connectivity index (χ2n) is 3.03. The highest BCUT2D eigenvalue weighted by atomic mass is 15.3. The SMILES string of the molecule is CCc1c(CCN)nn(C)c1C. The number of nitrogens with two attached hydrogens (primary N) is 1. The van der Waals surface area contributed by atoms with E-state index in [-0.39, 0.29) is 0 Å². The second kappa shape index (κ2) is 3.72. The number of nitrogens with zero attached hydrogens (tertiary/aromatic N) is 2. The van der Waals surface area contributed by atoms with Gasteiger partial charge >= 0.3 is 0 Å². The van der Waals surface area contributed by atoms with Gasteiger partial charge in [-0.15, -0.1) is 0 Å². The van der Waals surface area contributed by atoms with Gasteiger partial charge in [-0.2, -0.15) is 5.10 Å². The molecule has 0 amide bonds. The molecule has 3 heteroatoms. The molecule has 3 nitrogen and oxygen atoms in total. The smallest absolute Gasteiger partial charge is 0.0671 e. The van der Waals surface area contributed by atoms with E-state index in [0.29, 0.717) is 6.54 Å². The molecule has 0 fully saturated rings. The van der Waals surface area contributed by atoms with Crippen LogP contribution in [-0.2, 0) is 19.9 Å². The van der Waals surface area contributed by atoms with Gasteiger partial charge in [-0.3, -0.25) is 4.68 Å². The monoisotopic (exact) mass is 167 g/mol. The Hall–Kier alpha value is -0.830. The molecule has 12 heavy (non-hydrogen) atoms. The molecule has 0 unspecified atom stereocenters. The molecule has 0 atom stereocenters. The van der Waals surface area contributed by atoms with Gasteiger partial charge in [-0.05, 0) is 25.5 Å². The van der Waals surface area contributed by atoms with E-state index in [9.17, 15) is 0 Å². The molecule has 68 valence electrons. The van der Waals surface area contributed by atoms with Gasteiger partial charge in [0.15, 0.2) is 0 Å². The zero-order valence-corrected chi connectivity index (χ0v) is 8.09. The number of aryl methyl sites for hydroxylation is 1. The first-order valence-corrected chi connectivity index (χ1v) is 4.42. The topological polar surface area (TPSA) is 43.8 Å². The molecular formula is C9H17N3. The van der Waals surface area contributed by atoms with Gasteiger partial charge < -0.3 is 5.73 Å². The van der Waals surface area contributed by atoms with Crippen molar-refractivity contribution in [2.24, 2.45) is 12.8 Å². The summed E-state index contributed by atoms with van der Waals surface area (Å²) < 4.78 is 1.93. The van der Waals surface area contributed by atoms with Gasteiger partial charge in [0.25, 0.3) is 0 Å². The van der Waals surface area contributed by atoms with Crippen LogP contribution in [0.3, 0.4) is 0 Å². The second-order valence-corrected chi connectivity index (χ2v) is 3.03. The Bertz CT molecular complexity index is 263. The van der Waals surface area contributed by atoms with E-state index in [1.807, 2.05) is 11.7 Å². The van der Waals surface area contributed by atoms with Gasteiger partial charge in [0.1, 0.15) is 0 Å². The first kappa shape index (κ1) is 9.26. The molecule has 1 aromatic rings. The van der Waals surface area contributed by atoms with Crippen molar-refractivity contribution in [3.8, 4) is 0 Å². The molecule has 0 aromatic carbocycles. The maximum atomic E-state index is 5.49. The lowest BCUT2D eigenvalue weighted by atomic mass is 10.1. The first-order valence-electron chi connectivity index (χ1n) is 4.42. The van der Waals surface area contributed by atoms with Crippen LogP contribution in [0, 0.1) is 6.92 Å². The molecule has 0 radical (unpaired) electrons. The summed E-state index contributed by atoms with van der Waals surface area (Å²) in [6, 6.07) is 0. The first-order chi connectivity index (χ1) is 5.70. The van der Waals surface area contributed by atoms with Crippen LogP contribution >= 0.6 is 0 Å². The highest BCUT2D eigenvalue weighted by Crippen LogP contribution is 2.13. The van der Waals surface area contributed by atoms with Crippen LogP contribution in [-0.4, -0.2) is 16.3 Å². The lowest BCUT2D eigenvalue weighted by Gasteiger charge is -1.97. The quantitative estimate of drug-likeness (QED) is 0.723. The van der Waals surface area contributed by atoms with E-state index in [1.165, 1.54) is 17.0 Å². The molecule has 1 heterocycles. The number of rotatable bonds is 3. The average Bonchev–Trinajstić information content (AvgIpc) is 2.29. The van der Waals surface area contributed by atoms with Gasteiger partial charge in [0.05, 0.1) is 5.69 Å². The van der Waals surface area contributed by atoms with Crippen LogP contribution < -0.4 is 5.73 Å². The predicted molar refractivity (Wildman–Crippen MR) is 50.1 cm³/mol. The molecule has 0 saturated heterocycles. The number of hydrogen-bond donors (Lipinski definition) is 1. The minimum absolute atomic E-state index is 0.684. The molecule has 1 aromatic heterocycles. The van der Waals surface area contributed by atoms with E-state index in [2.05, 4.69) is 18.9 Å². The lowest BCUT2D eigenvalue weighted by Crippen LogP contribution is -2.05. The van der Waals surface area contributed by atoms with Crippen molar-refractivity contribution >= 4 is 0 Å². The highest BCUT2D eigenvalue weighted by molar-refractivity contribution is 5.25. The van der Waals surface area contributed by atoms with Crippen molar-refractivity contribution in [1.29, 1.82) is 0 Å². The van der Waals surface area contributed by atoms with Crippen LogP contribution in [0.2, 0.25) is 0 Å². The molecule has 0 spiro atoms. The maximum absolute atomic E-state index is 5.49. The van der Waals surface area contributed by atoms with E-state index >= 15 is 0 Å². The minimum Gasteiger partial charge on any atom is -0.330 e. The summed E-state index contributed by atoms with van der Waals surface area (Å²) in [5.74, 6) is 0. The number of aromatic nitrogens is 2. The zero-order valence-electron chi connectivity index (χ0n) is 8.09. The van der Waals surface area contributed by atoms with Gasteiger partial charge in [0, 0.05) is 19.2 Å². The number of hydrogen-bond acceptors (Lipinski definition) is 2. The third kappa shape index (κ3) is 1.50. The Morgan fingerprint density at radius 2 is 2.17 bits per heavy atom. The summed E-state index contributed by atoms with van der Waals surface area (Å²) >= 11 is 0. The van der Waals surface area contributed by atoms with E-state index in [1.54, 1.807) is 0 Å². The Balaban J connectivity index is 3.02. The Labute approximate surface area is 73.6 Å². The van der Waals surface area contributed by atoms with Crippen LogP contribution in [0.15, 0.2) is 0 Å². The van der Waals surface area contributed by atoms with Crippen molar-refractivity contribution < 1.29 is 0 Å². The fourth-order valence-electron chi connectivity index (χ4n) is 1.52. The Kier molecular flexibility index (Phi) is 2.87. The standard InChI is InChI=1S/C9H17N3/c1-4-8-7(2)12(3)11-9(8)5-6-10/h4-6,10H2,1-3H3. The van der Waals surface area contributed by atoms with Crippen molar-refractivity contribution in [3.63, 3.8) is 0 Å². The average molecular weight is 167 g/mol. The summed E-state index contributed by atoms with van der Waals surface area (Å²) in [4.78, 5) is 0. The molecule has 0 aliphatic carbocycles. The lowest BCUT2D eigenvalue weighted by molar-refractivity contribution is 0.718. The third-order valence-corrected chi connectivity index (χ3v) is 2.28. The summed E-state index contributed by atoms with van der Waals surface area (Å²) in [6.07, 6.45) is 1.94. The molecule has 0 aliphatic heterocycles. The van der Waals surface area contributed by atoms with Gasteiger partial charge in [0.2, 0.25) is 0 Å². The minimum atomic E-state index is 0.684.